The molecule has 0 radical (unpaired) electrons. The molecule has 1 aromatic carbocycles. The van der Waals surface area contributed by atoms with Crippen molar-refractivity contribution in [2.75, 3.05) is 12.8 Å². The average Bonchev–Trinajstić information content (AvgIpc) is 3.38. The lowest BCUT2D eigenvalue weighted by atomic mass is 10.1. The summed E-state index contributed by atoms with van der Waals surface area (Å²) in [5, 5.41) is 2.58. The van der Waals surface area contributed by atoms with Crippen molar-refractivity contribution in [1.29, 1.82) is 0 Å². The third-order valence-corrected chi connectivity index (χ3v) is 6.24. The fourth-order valence-corrected chi connectivity index (χ4v) is 4.76. The Morgan fingerprint density at radius 1 is 1.24 bits per heavy atom. The number of amides is 1. The molecular weight excluding hydrogens is 406 g/mol. The molecule has 6 nitrogen and oxygen atoms in total. The minimum atomic E-state index is -0.146. The molecule has 0 aliphatic rings. The van der Waals surface area contributed by atoms with Crippen LogP contribution in [0.3, 0.4) is 0 Å². The highest BCUT2D eigenvalue weighted by Crippen LogP contribution is 2.30. The van der Waals surface area contributed by atoms with Gasteiger partial charge in [-0.15, -0.1) is 23.1 Å². The summed E-state index contributed by atoms with van der Waals surface area (Å²) in [6.45, 7) is 0.435. The number of hydrogen-bond acceptors (Lipinski definition) is 6. The zero-order valence-corrected chi connectivity index (χ0v) is 17.4. The molecule has 0 bridgehead atoms. The molecule has 0 fully saturated rings. The number of aromatic nitrogens is 2. The number of aromatic amines is 1. The van der Waals surface area contributed by atoms with Gasteiger partial charge in [0, 0.05) is 18.0 Å². The van der Waals surface area contributed by atoms with Gasteiger partial charge in [0.1, 0.15) is 16.4 Å². The van der Waals surface area contributed by atoms with Crippen LogP contribution < -0.4 is 5.56 Å². The van der Waals surface area contributed by atoms with Gasteiger partial charge in [-0.1, -0.05) is 30.3 Å². The highest BCUT2D eigenvalue weighted by atomic mass is 32.2. The molecule has 0 saturated heterocycles. The Labute approximate surface area is 175 Å². The van der Waals surface area contributed by atoms with Crippen molar-refractivity contribution < 1.29 is 9.21 Å². The number of carbonyl (C=O) groups is 1. The molecule has 0 saturated carbocycles. The predicted molar refractivity (Wildman–Crippen MR) is 117 cm³/mol. The standard InChI is InChI=1S/C21H19N3O3S2/c1-24(10-15-8-5-9-27-15)18(25)13-28-12-17-22-20(26)19-16(11-29-21(19)23-17)14-6-3-2-4-7-14/h2-9,11H,10,12-13H2,1H3,(H,22,23,26). The first-order valence-corrected chi connectivity index (χ1v) is 11.0. The SMILES string of the molecule is CN(Cc1ccco1)C(=O)CSCc1nc2scc(-c3ccccc3)c2c(=O)[nH]1. The van der Waals surface area contributed by atoms with E-state index in [9.17, 15) is 9.59 Å². The molecule has 3 aromatic heterocycles. The number of nitrogens with one attached hydrogen (secondary N) is 1. The summed E-state index contributed by atoms with van der Waals surface area (Å²) in [5.74, 6) is 2.09. The number of fused-ring (bicyclic) bond motifs is 1. The largest absolute Gasteiger partial charge is 0.467 e. The maximum atomic E-state index is 12.7. The number of thioether (sulfide) groups is 1. The molecule has 4 aromatic rings. The Kier molecular flexibility index (Phi) is 5.82. The molecular formula is C21H19N3O3S2. The van der Waals surface area contributed by atoms with Crippen LogP contribution in [0, 0.1) is 0 Å². The van der Waals surface area contributed by atoms with Gasteiger partial charge in [0.25, 0.3) is 5.56 Å². The number of nitrogens with zero attached hydrogens (tertiary/aromatic N) is 2. The third-order valence-electron chi connectivity index (χ3n) is 4.44. The van der Waals surface area contributed by atoms with Crippen LogP contribution >= 0.6 is 23.1 Å². The van der Waals surface area contributed by atoms with Gasteiger partial charge in [-0.2, -0.15) is 0 Å². The zero-order chi connectivity index (χ0) is 20.2. The molecule has 1 N–H and O–H groups in total. The summed E-state index contributed by atoms with van der Waals surface area (Å²) in [6.07, 6.45) is 1.59. The fourth-order valence-electron chi connectivity index (χ4n) is 2.96. The van der Waals surface area contributed by atoms with Gasteiger partial charge in [-0.3, -0.25) is 9.59 Å². The first kappa shape index (κ1) is 19.5. The number of carbonyl (C=O) groups excluding carboxylic acids is 1. The monoisotopic (exact) mass is 425 g/mol. The van der Waals surface area contributed by atoms with Crippen LogP contribution in [-0.4, -0.2) is 33.6 Å². The lowest BCUT2D eigenvalue weighted by Crippen LogP contribution is -2.27. The predicted octanol–water partition coefficient (Wildman–Crippen LogP) is 4.14. The Balaban J connectivity index is 1.41. The second-order valence-corrected chi connectivity index (χ2v) is 8.37. The van der Waals surface area contributed by atoms with E-state index >= 15 is 0 Å². The van der Waals surface area contributed by atoms with E-state index in [1.165, 1.54) is 23.1 Å². The molecule has 3 heterocycles. The number of H-pyrrole nitrogens is 1. The lowest BCUT2D eigenvalue weighted by molar-refractivity contribution is -0.127. The van der Waals surface area contributed by atoms with Crippen molar-refractivity contribution in [3.63, 3.8) is 0 Å². The minimum absolute atomic E-state index is 0.00249. The molecule has 29 heavy (non-hydrogen) atoms. The van der Waals surface area contributed by atoms with Crippen LogP contribution in [0.15, 0.2) is 63.3 Å². The molecule has 0 aliphatic heterocycles. The minimum Gasteiger partial charge on any atom is -0.467 e. The zero-order valence-electron chi connectivity index (χ0n) is 15.8. The summed E-state index contributed by atoms with van der Waals surface area (Å²) in [6, 6.07) is 13.4. The van der Waals surface area contributed by atoms with Gasteiger partial charge < -0.3 is 14.3 Å². The Morgan fingerprint density at radius 3 is 2.83 bits per heavy atom. The summed E-state index contributed by atoms with van der Waals surface area (Å²) >= 11 is 2.88. The van der Waals surface area contributed by atoms with Crippen LogP contribution in [-0.2, 0) is 17.1 Å². The topological polar surface area (TPSA) is 79.2 Å². The first-order chi connectivity index (χ1) is 14.1. The average molecular weight is 426 g/mol. The maximum Gasteiger partial charge on any atom is 0.260 e. The molecule has 0 atom stereocenters. The van der Waals surface area contributed by atoms with E-state index in [1.807, 2.05) is 41.8 Å². The van der Waals surface area contributed by atoms with Crippen LogP contribution in [0.4, 0.5) is 0 Å². The normalized spacial score (nSPS) is 11.1. The highest BCUT2D eigenvalue weighted by molar-refractivity contribution is 7.99. The van der Waals surface area contributed by atoms with E-state index in [0.29, 0.717) is 34.1 Å². The van der Waals surface area contributed by atoms with E-state index < -0.39 is 0 Å². The van der Waals surface area contributed by atoms with Crippen molar-refractivity contribution in [3.8, 4) is 11.1 Å². The van der Waals surface area contributed by atoms with Gasteiger partial charge in [-0.25, -0.2) is 4.98 Å². The summed E-state index contributed by atoms with van der Waals surface area (Å²) in [5.41, 5.74) is 1.75. The Bertz CT molecular complexity index is 1170. The highest BCUT2D eigenvalue weighted by Gasteiger charge is 2.14. The smallest absolute Gasteiger partial charge is 0.260 e. The number of furan rings is 1. The number of hydrogen-bond donors (Lipinski definition) is 1. The van der Waals surface area contributed by atoms with E-state index in [-0.39, 0.29) is 11.5 Å². The van der Waals surface area contributed by atoms with Crippen molar-refractivity contribution in [3.05, 3.63) is 76.0 Å². The number of benzene rings is 1. The summed E-state index contributed by atoms with van der Waals surface area (Å²) < 4.78 is 5.27. The van der Waals surface area contributed by atoms with Crippen molar-refractivity contribution in [2.24, 2.45) is 0 Å². The molecule has 148 valence electrons. The van der Waals surface area contributed by atoms with Crippen molar-refractivity contribution >= 4 is 39.2 Å². The van der Waals surface area contributed by atoms with Gasteiger partial charge in [-0.05, 0) is 17.7 Å². The third kappa shape index (κ3) is 4.44. The van der Waals surface area contributed by atoms with E-state index in [0.717, 1.165) is 16.9 Å². The van der Waals surface area contributed by atoms with Crippen LogP contribution in [0.1, 0.15) is 11.6 Å². The molecule has 1 amide bonds. The number of thiophene rings is 1. The Morgan fingerprint density at radius 2 is 2.07 bits per heavy atom. The van der Waals surface area contributed by atoms with E-state index in [2.05, 4.69) is 9.97 Å². The van der Waals surface area contributed by atoms with Crippen molar-refractivity contribution in [1.82, 2.24) is 14.9 Å². The first-order valence-electron chi connectivity index (χ1n) is 9.01. The van der Waals surface area contributed by atoms with Crippen molar-refractivity contribution in [2.45, 2.75) is 12.3 Å². The maximum absolute atomic E-state index is 12.7. The van der Waals surface area contributed by atoms with Crippen LogP contribution in [0.25, 0.3) is 21.3 Å². The quantitative estimate of drug-likeness (QED) is 0.481. The van der Waals surface area contributed by atoms with E-state index in [4.69, 9.17) is 4.42 Å². The van der Waals surface area contributed by atoms with Crippen LogP contribution in [0.2, 0.25) is 0 Å². The van der Waals surface area contributed by atoms with Crippen LogP contribution in [0.5, 0.6) is 0 Å². The molecule has 4 rings (SSSR count). The van der Waals surface area contributed by atoms with Gasteiger partial charge in [0.2, 0.25) is 5.91 Å². The summed E-state index contributed by atoms with van der Waals surface area (Å²) in [4.78, 5) is 34.7. The van der Waals surface area contributed by atoms with Gasteiger partial charge in [0.05, 0.1) is 29.7 Å². The fraction of sp³-hybridized carbons (Fsp3) is 0.190. The lowest BCUT2D eigenvalue weighted by Gasteiger charge is -2.15. The molecule has 0 spiro atoms. The summed E-state index contributed by atoms with van der Waals surface area (Å²) in [7, 11) is 1.74. The molecule has 8 heteroatoms. The number of rotatable bonds is 7. The molecule has 0 unspecified atom stereocenters. The molecule has 0 aliphatic carbocycles. The second kappa shape index (κ2) is 8.67. The second-order valence-electron chi connectivity index (χ2n) is 6.53. The Hall–Kier alpha value is -2.84. The van der Waals surface area contributed by atoms with E-state index in [1.54, 1.807) is 24.3 Å². The van der Waals surface area contributed by atoms with Gasteiger partial charge >= 0.3 is 0 Å². The van der Waals surface area contributed by atoms with Gasteiger partial charge in [0.15, 0.2) is 0 Å².